The third-order valence-corrected chi connectivity index (χ3v) is 7.48. The van der Waals surface area contributed by atoms with Crippen LogP contribution in [0.15, 0.2) is 48.5 Å². The maximum absolute atomic E-state index is 13.2. The first-order valence-electron chi connectivity index (χ1n) is 13.2. The molecular weight excluding hydrogens is 550 g/mol. The number of carbonyl (C=O) groups excluding carboxylic acids is 4. The van der Waals surface area contributed by atoms with Gasteiger partial charge in [-0.15, -0.1) is 12.4 Å². The molecule has 0 aliphatic carbocycles. The van der Waals surface area contributed by atoms with E-state index in [1.807, 2.05) is 36.4 Å². The predicted molar refractivity (Wildman–Crippen MR) is 155 cm³/mol. The van der Waals surface area contributed by atoms with Crippen molar-refractivity contribution in [3.05, 3.63) is 54.1 Å². The van der Waals surface area contributed by atoms with Crippen LogP contribution in [0, 0.1) is 11.3 Å². The summed E-state index contributed by atoms with van der Waals surface area (Å²) in [4.78, 5) is 54.7. The van der Waals surface area contributed by atoms with Gasteiger partial charge in [-0.2, -0.15) is 0 Å². The van der Waals surface area contributed by atoms with Crippen LogP contribution >= 0.6 is 12.4 Å². The molecule has 2 heterocycles. The molecule has 0 aromatic heterocycles. The maximum Gasteiger partial charge on any atom is 0.306 e. The monoisotopic (exact) mass is 585 g/mol. The van der Waals surface area contributed by atoms with Crippen LogP contribution in [0.25, 0.3) is 11.1 Å². The number of nitrogens with two attached hydrogens (primary N) is 1. The Morgan fingerprint density at radius 2 is 1.51 bits per heavy atom. The molecule has 3 N–H and O–H groups in total. The SMILES string of the molecule is COC(=O)C[C@@H]1C[C@@H](COc2ccc(-c3ccc(C(=N)N)cc3)cc2)N(CC(=O)N2CCN(C(C)=O)CC2)C1=O.Cl. The summed E-state index contributed by atoms with van der Waals surface area (Å²) in [6.45, 7) is 3.31. The van der Waals surface area contributed by atoms with Crippen molar-refractivity contribution in [2.24, 2.45) is 11.7 Å². The molecule has 0 radical (unpaired) electrons. The van der Waals surface area contributed by atoms with Gasteiger partial charge >= 0.3 is 5.97 Å². The van der Waals surface area contributed by atoms with Gasteiger partial charge < -0.3 is 29.9 Å². The first kappa shape index (κ1) is 31.4. The molecule has 2 aromatic rings. The molecule has 0 bridgehead atoms. The molecule has 0 spiro atoms. The third kappa shape index (κ3) is 7.75. The van der Waals surface area contributed by atoms with Crippen molar-refractivity contribution in [2.75, 3.05) is 46.4 Å². The summed E-state index contributed by atoms with van der Waals surface area (Å²) in [7, 11) is 1.28. The largest absolute Gasteiger partial charge is 0.491 e. The molecule has 41 heavy (non-hydrogen) atoms. The first-order valence-corrected chi connectivity index (χ1v) is 13.2. The Balaban J connectivity index is 0.00000462. The zero-order valence-corrected chi connectivity index (χ0v) is 24.0. The van der Waals surface area contributed by atoms with Crippen LogP contribution in [0.5, 0.6) is 5.75 Å². The second-order valence-corrected chi connectivity index (χ2v) is 10.0. The van der Waals surface area contributed by atoms with Crippen molar-refractivity contribution in [3.8, 4) is 16.9 Å². The summed E-state index contributed by atoms with van der Waals surface area (Å²) < 4.78 is 10.8. The minimum absolute atomic E-state index is 0. The molecule has 4 rings (SSSR count). The highest BCUT2D eigenvalue weighted by Crippen LogP contribution is 2.29. The van der Waals surface area contributed by atoms with Crippen molar-refractivity contribution >= 4 is 41.9 Å². The molecule has 220 valence electrons. The van der Waals surface area contributed by atoms with Gasteiger partial charge in [0.2, 0.25) is 17.7 Å². The van der Waals surface area contributed by atoms with E-state index in [2.05, 4.69) is 0 Å². The molecule has 11 nitrogen and oxygen atoms in total. The number of nitrogen functional groups attached to an aromatic ring is 1. The topological polar surface area (TPSA) is 146 Å². The number of nitrogens with one attached hydrogen (secondary N) is 1. The highest BCUT2D eigenvalue weighted by atomic mass is 35.5. The van der Waals surface area contributed by atoms with E-state index in [1.54, 1.807) is 21.9 Å². The number of hydrogen-bond donors (Lipinski definition) is 2. The Morgan fingerprint density at radius 3 is 2.05 bits per heavy atom. The van der Waals surface area contributed by atoms with Crippen molar-refractivity contribution < 1.29 is 28.7 Å². The van der Waals surface area contributed by atoms with Crippen LogP contribution in [-0.4, -0.2) is 96.7 Å². The average Bonchev–Trinajstić information content (AvgIpc) is 3.25. The molecule has 2 fully saturated rings. The van der Waals surface area contributed by atoms with Crippen molar-refractivity contribution in [3.63, 3.8) is 0 Å². The van der Waals surface area contributed by atoms with E-state index in [0.717, 1.165) is 11.1 Å². The lowest BCUT2D eigenvalue weighted by Crippen LogP contribution is -2.53. The van der Waals surface area contributed by atoms with E-state index in [1.165, 1.54) is 18.9 Å². The lowest BCUT2D eigenvalue weighted by molar-refractivity contribution is -0.146. The molecule has 2 saturated heterocycles. The molecule has 0 saturated carbocycles. The number of amides is 3. The third-order valence-electron chi connectivity index (χ3n) is 7.48. The number of likely N-dealkylation sites (tertiary alicyclic amines) is 1. The van der Waals surface area contributed by atoms with Gasteiger partial charge in [-0.05, 0) is 29.7 Å². The number of ether oxygens (including phenoxy) is 2. The van der Waals surface area contributed by atoms with Gasteiger partial charge in [0.05, 0.1) is 25.5 Å². The molecule has 0 unspecified atom stereocenters. The van der Waals surface area contributed by atoms with E-state index in [0.29, 0.717) is 43.9 Å². The molecule has 3 amide bonds. The van der Waals surface area contributed by atoms with Gasteiger partial charge in [-0.3, -0.25) is 24.6 Å². The molecule has 12 heteroatoms. The maximum atomic E-state index is 13.2. The molecule has 2 aliphatic rings. The van der Waals surface area contributed by atoms with Gasteiger partial charge in [0.1, 0.15) is 24.7 Å². The van der Waals surface area contributed by atoms with E-state index in [-0.39, 0.29) is 61.6 Å². The molecule has 2 atom stereocenters. The Labute approximate surface area is 245 Å². The smallest absolute Gasteiger partial charge is 0.306 e. The number of methoxy groups -OCH3 is 1. The van der Waals surface area contributed by atoms with Crippen LogP contribution in [-0.2, 0) is 23.9 Å². The fourth-order valence-electron chi connectivity index (χ4n) is 5.09. The Kier molecular flexibility index (Phi) is 10.7. The minimum atomic E-state index is -0.580. The second kappa shape index (κ2) is 14.0. The normalized spacial score (nSPS) is 18.5. The lowest BCUT2D eigenvalue weighted by Gasteiger charge is -2.35. The quantitative estimate of drug-likeness (QED) is 0.260. The van der Waals surface area contributed by atoms with E-state index >= 15 is 0 Å². The fourth-order valence-corrected chi connectivity index (χ4v) is 5.09. The van der Waals surface area contributed by atoms with E-state index in [4.69, 9.17) is 20.6 Å². The number of nitrogens with zero attached hydrogens (tertiary/aromatic N) is 3. The van der Waals surface area contributed by atoms with Crippen LogP contribution in [0.4, 0.5) is 0 Å². The van der Waals surface area contributed by atoms with Gasteiger partial charge in [0.15, 0.2) is 0 Å². The predicted octanol–water partition coefficient (Wildman–Crippen LogP) is 1.91. The Hall–Kier alpha value is -4.12. The zero-order valence-electron chi connectivity index (χ0n) is 23.2. The fraction of sp³-hybridized carbons (Fsp3) is 0.414. The summed E-state index contributed by atoms with van der Waals surface area (Å²) in [5, 5.41) is 7.53. The summed E-state index contributed by atoms with van der Waals surface area (Å²) in [6, 6.07) is 14.5. The van der Waals surface area contributed by atoms with Gasteiger partial charge in [0.25, 0.3) is 0 Å². The standard InChI is InChI=1S/C29H35N5O6.ClH/c1-19(35)32-11-13-33(14-12-32)26(36)17-34-24(15-23(29(34)38)16-27(37)39-2)18-40-25-9-7-21(8-10-25)20-3-5-22(6-4-20)28(30)31;/h3-10,23-24H,11-18H2,1-2H3,(H3,30,31);1H/t23-,24-;/m0./s1. The minimum Gasteiger partial charge on any atom is -0.491 e. The molecular formula is C29H36ClN5O6. The van der Waals surface area contributed by atoms with E-state index in [9.17, 15) is 19.2 Å². The van der Waals surface area contributed by atoms with Gasteiger partial charge in [-0.25, -0.2) is 0 Å². The second-order valence-electron chi connectivity index (χ2n) is 10.0. The number of piperazine rings is 1. The molecule has 2 aliphatic heterocycles. The number of hydrogen-bond acceptors (Lipinski definition) is 7. The Bertz CT molecular complexity index is 1260. The summed E-state index contributed by atoms with van der Waals surface area (Å²) in [6.07, 6.45) is 0.324. The van der Waals surface area contributed by atoms with Crippen LogP contribution in [0.3, 0.4) is 0 Å². The van der Waals surface area contributed by atoms with Crippen molar-refractivity contribution in [1.82, 2.24) is 14.7 Å². The summed E-state index contributed by atoms with van der Waals surface area (Å²) in [5.74, 6) is -0.911. The number of carbonyl (C=O) groups is 4. The summed E-state index contributed by atoms with van der Waals surface area (Å²) in [5.41, 5.74) is 8.12. The Morgan fingerprint density at radius 1 is 0.951 bits per heavy atom. The van der Waals surface area contributed by atoms with Crippen LogP contribution < -0.4 is 10.5 Å². The number of rotatable bonds is 9. The number of amidine groups is 1. The molecule has 2 aromatic carbocycles. The highest BCUT2D eigenvalue weighted by molar-refractivity contribution is 5.95. The average molecular weight is 586 g/mol. The number of esters is 1. The van der Waals surface area contributed by atoms with Gasteiger partial charge in [-0.1, -0.05) is 36.4 Å². The van der Waals surface area contributed by atoms with Crippen LogP contribution in [0.2, 0.25) is 0 Å². The number of halogens is 1. The highest BCUT2D eigenvalue weighted by Gasteiger charge is 2.42. The van der Waals surface area contributed by atoms with E-state index < -0.39 is 11.9 Å². The summed E-state index contributed by atoms with van der Waals surface area (Å²) >= 11 is 0. The van der Waals surface area contributed by atoms with Crippen LogP contribution in [0.1, 0.15) is 25.3 Å². The number of benzene rings is 2. The lowest BCUT2D eigenvalue weighted by atomic mass is 10.0. The van der Waals surface area contributed by atoms with Gasteiger partial charge in [0, 0.05) is 38.7 Å². The zero-order chi connectivity index (χ0) is 28.8. The van der Waals surface area contributed by atoms with Crippen molar-refractivity contribution in [1.29, 1.82) is 5.41 Å². The van der Waals surface area contributed by atoms with Crippen molar-refractivity contribution in [2.45, 2.75) is 25.8 Å². The first-order chi connectivity index (χ1) is 19.2.